The molecule has 0 radical (unpaired) electrons. The van der Waals surface area contributed by atoms with E-state index in [4.69, 9.17) is 12.2 Å². The maximum atomic E-state index is 5.48. The summed E-state index contributed by atoms with van der Waals surface area (Å²) in [4.78, 5) is 8.52. The monoisotopic (exact) mass is 307 g/mol. The third-order valence-electron chi connectivity index (χ3n) is 2.48. The number of aryl methyl sites for hydroxylation is 1. The van der Waals surface area contributed by atoms with Crippen molar-refractivity contribution in [1.82, 2.24) is 13.5 Å². The van der Waals surface area contributed by atoms with Crippen LogP contribution < -0.4 is 0 Å². The van der Waals surface area contributed by atoms with Crippen LogP contribution >= 0.6 is 12.2 Å². The molecule has 3 rings (SSSR count). The molecule has 3 aromatic rings. The molecule has 0 aliphatic heterocycles. The summed E-state index contributed by atoms with van der Waals surface area (Å²) in [6.45, 7) is 2.10. The Kier molecular flexibility index (Phi) is 2.67. The summed E-state index contributed by atoms with van der Waals surface area (Å²) in [5.74, 6) is 0.700. The first-order valence-electron chi connectivity index (χ1n) is 5.16. The molecule has 1 aromatic carbocycles. The van der Waals surface area contributed by atoms with Crippen molar-refractivity contribution in [1.29, 1.82) is 0 Å². The molecule has 0 aliphatic rings. The van der Waals surface area contributed by atoms with Gasteiger partial charge in [0, 0.05) is 0 Å². The van der Waals surface area contributed by atoms with E-state index < -0.39 is 0 Å². The van der Waals surface area contributed by atoms with Crippen molar-refractivity contribution in [3.05, 3.63) is 46.9 Å². The summed E-state index contributed by atoms with van der Waals surface area (Å²) >= 11 is 5.63. The minimum atomic E-state index is 0.153. The molecule has 0 bridgehead atoms. The molecule has 84 valence electrons. The van der Waals surface area contributed by atoms with Crippen LogP contribution in [0.4, 0.5) is 0 Å². The molecule has 0 N–H and O–H groups in total. The Morgan fingerprint density at radius 2 is 2.00 bits per heavy atom. The van der Waals surface area contributed by atoms with Gasteiger partial charge in [0.15, 0.2) is 0 Å². The van der Waals surface area contributed by atoms with Gasteiger partial charge in [0.25, 0.3) is 0 Å². The first kappa shape index (κ1) is 10.8. The Hall–Kier alpha value is -1.29. The van der Waals surface area contributed by atoms with Crippen molar-refractivity contribution >= 4 is 36.6 Å². The zero-order valence-corrected chi connectivity index (χ0v) is 11.7. The molecular weight excluding hydrogens is 297 g/mol. The van der Waals surface area contributed by atoms with Crippen molar-refractivity contribution in [2.45, 2.75) is 6.92 Å². The predicted molar refractivity (Wildman–Crippen MR) is 71.4 cm³/mol. The zero-order valence-electron chi connectivity index (χ0n) is 9.12. The number of rotatable bonds is 1. The van der Waals surface area contributed by atoms with Crippen LogP contribution in [0.2, 0.25) is 0 Å². The fourth-order valence-corrected chi connectivity index (χ4v) is 4.47. The summed E-state index contributed by atoms with van der Waals surface area (Å²) < 4.78 is 4.19. The molecule has 3 nitrogen and oxygen atoms in total. The molecule has 0 aliphatic carbocycles. The van der Waals surface area contributed by atoms with Crippen molar-refractivity contribution < 1.29 is 0 Å². The van der Waals surface area contributed by atoms with Gasteiger partial charge in [0.2, 0.25) is 0 Å². The predicted octanol–water partition coefficient (Wildman–Crippen LogP) is 2.52. The van der Waals surface area contributed by atoms with E-state index in [9.17, 15) is 0 Å². The minimum absolute atomic E-state index is 0.153. The first-order valence-corrected chi connectivity index (χ1v) is 7.19. The summed E-state index contributed by atoms with van der Waals surface area (Å²) in [5, 5.41) is 1.15. The molecule has 0 amide bonds. The Morgan fingerprint density at radius 1 is 1.24 bits per heavy atom. The third kappa shape index (κ3) is 1.86. The van der Waals surface area contributed by atoms with Crippen molar-refractivity contribution in [3.63, 3.8) is 0 Å². The van der Waals surface area contributed by atoms with Crippen molar-refractivity contribution in [2.24, 2.45) is 0 Å². The van der Waals surface area contributed by atoms with Crippen LogP contribution in [-0.4, -0.2) is 28.3 Å². The topological polar surface area (TPSA) is 30.7 Å². The second-order valence-corrected chi connectivity index (χ2v) is 6.20. The second kappa shape index (κ2) is 4.18. The van der Waals surface area contributed by atoms with Crippen LogP contribution in [-0.2, 0) is 0 Å². The van der Waals surface area contributed by atoms with Crippen LogP contribution in [0.1, 0.15) is 5.56 Å². The van der Waals surface area contributed by atoms with E-state index in [2.05, 4.69) is 35.1 Å². The number of nitrogens with zero attached hydrogens (tertiary/aromatic N) is 3. The number of hydrogen-bond acceptors (Lipinski definition) is 3. The van der Waals surface area contributed by atoms with E-state index in [-0.39, 0.29) is 14.7 Å². The summed E-state index contributed by atoms with van der Waals surface area (Å²) in [6.07, 6.45) is 3.49. The quantitative estimate of drug-likeness (QED) is 0.511. The molecule has 0 saturated carbocycles. The Labute approximate surface area is 110 Å². The molecule has 2 aromatic heterocycles. The molecule has 5 heteroatoms. The molecule has 17 heavy (non-hydrogen) atoms. The fourth-order valence-electron chi connectivity index (χ4n) is 1.66. The van der Waals surface area contributed by atoms with Gasteiger partial charge in [0.1, 0.15) is 0 Å². The summed E-state index contributed by atoms with van der Waals surface area (Å²) in [5.41, 5.74) is 1.27. The average molecular weight is 306 g/mol. The van der Waals surface area contributed by atoms with E-state index in [0.717, 1.165) is 10.0 Å². The average Bonchev–Trinajstić information content (AvgIpc) is 2.67. The molecule has 0 fully saturated rings. The van der Waals surface area contributed by atoms with E-state index in [1.165, 1.54) is 9.82 Å². The van der Waals surface area contributed by atoms with Gasteiger partial charge < -0.3 is 0 Å². The summed E-state index contributed by atoms with van der Waals surface area (Å²) in [7, 11) is 0. The van der Waals surface area contributed by atoms with Crippen LogP contribution in [0, 0.1) is 11.6 Å². The Balaban J connectivity index is 2.32. The number of aromatic nitrogens is 3. The van der Waals surface area contributed by atoms with Crippen molar-refractivity contribution in [2.75, 3.05) is 0 Å². The number of fused-ring (bicyclic) bond motifs is 1. The maximum absolute atomic E-state index is 5.48. The Bertz CT molecular complexity index is 730. The standard InChI is InChI=1S/C12H9N3SSe/c1-8-3-4-9-10(7-8)17-15(11(9)16)12-13-5-2-6-14-12/h2-7H,1H3. The van der Waals surface area contributed by atoms with E-state index in [0.29, 0.717) is 5.95 Å². The van der Waals surface area contributed by atoms with Crippen LogP contribution in [0.15, 0.2) is 36.7 Å². The molecule has 0 saturated heterocycles. The number of hydrogen-bond donors (Lipinski definition) is 0. The van der Waals surface area contributed by atoms with Crippen molar-refractivity contribution in [3.8, 4) is 5.95 Å². The van der Waals surface area contributed by atoms with E-state index in [1.54, 1.807) is 12.4 Å². The van der Waals surface area contributed by atoms with Gasteiger partial charge in [-0.3, -0.25) is 0 Å². The molecule has 0 unspecified atom stereocenters. The van der Waals surface area contributed by atoms with E-state index >= 15 is 0 Å². The fraction of sp³-hybridized carbons (Fsp3) is 0.0833. The molecule has 2 heterocycles. The van der Waals surface area contributed by atoms with Crippen LogP contribution in [0.25, 0.3) is 15.6 Å². The van der Waals surface area contributed by atoms with Gasteiger partial charge in [-0.2, -0.15) is 0 Å². The van der Waals surface area contributed by atoms with Gasteiger partial charge in [-0.05, 0) is 0 Å². The molecule has 0 spiro atoms. The zero-order chi connectivity index (χ0) is 11.8. The SMILES string of the molecule is Cc1ccc2c(=S)n(-c3ncccn3)[se]c2c1. The van der Waals surface area contributed by atoms with Crippen LogP contribution in [0.3, 0.4) is 0 Å². The first-order chi connectivity index (χ1) is 8.25. The molecule has 0 atom stereocenters. The van der Waals surface area contributed by atoms with Gasteiger partial charge >= 0.3 is 110 Å². The molecular formula is C12H9N3SSe. The third-order valence-corrected chi connectivity index (χ3v) is 5.37. The van der Waals surface area contributed by atoms with Gasteiger partial charge in [-0.25, -0.2) is 0 Å². The van der Waals surface area contributed by atoms with Crippen LogP contribution in [0.5, 0.6) is 0 Å². The van der Waals surface area contributed by atoms with Gasteiger partial charge in [-0.15, -0.1) is 0 Å². The van der Waals surface area contributed by atoms with E-state index in [1.807, 2.05) is 9.63 Å². The van der Waals surface area contributed by atoms with Gasteiger partial charge in [-0.1, -0.05) is 0 Å². The normalized spacial score (nSPS) is 10.9. The second-order valence-electron chi connectivity index (χ2n) is 3.74. The summed E-state index contributed by atoms with van der Waals surface area (Å²) in [6, 6.07) is 8.20. The Morgan fingerprint density at radius 3 is 2.76 bits per heavy atom. The number of benzene rings is 1. The van der Waals surface area contributed by atoms with Gasteiger partial charge in [0.05, 0.1) is 0 Å².